The Morgan fingerprint density at radius 2 is 1.38 bits per heavy atom. The summed E-state index contributed by atoms with van der Waals surface area (Å²) in [6, 6.07) is 0. The quantitative estimate of drug-likeness (QED) is 0.275. The third kappa shape index (κ3) is 14.1. The highest BCUT2D eigenvalue weighted by Crippen LogP contribution is 2.11. The maximum absolute atomic E-state index is 11.3. The zero-order valence-corrected chi connectivity index (χ0v) is 14.0. The van der Waals surface area contributed by atoms with Gasteiger partial charge in [0, 0.05) is 6.42 Å². The normalized spacial score (nSPS) is 11.5. The minimum Gasteiger partial charge on any atom is -0.323 e. The molecular weight excluding hydrogens is 296 g/mol. The summed E-state index contributed by atoms with van der Waals surface area (Å²) < 4.78 is 30.3. The van der Waals surface area contributed by atoms with Crippen LogP contribution in [0.4, 0.5) is 0 Å². The van der Waals surface area contributed by atoms with Crippen LogP contribution in [0.25, 0.3) is 0 Å². The first-order valence-electron chi connectivity index (χ1n) is 7.80. The van der Waals surface area contributed by atoms with E-state index in [2.05, 4.69) is 20.3 Å². The zero-order chi connectivity index (χ0) is 16.0. The smallest absolute Gasteiger partial charge is 0.323 e. The van der Waals surface area contributed by atoms with Crippen molar-refractivity contribution in [3.63, 3.8) is 0 Å². The van der Waals surface area contributed by atoms with Crippen LogP contribution in [0.1, 0.15) is 78.1 Å². The van der Waals surface area contributed by atoms with E-state index in [1.54, 1.807) is 6.92 Å². The van der Waals surface area contributed by atoms with Gasteiger partial charge in [0.05, 0.1) is 6.61 Å². The number of hydrogen-bond acceptors (Lipinski definition) is 6. The fraction of sp³-hybridized carbons (Fsp3) is 0.929. The van der Waals surface area contributed by atoms with E-state index in [4.69, 9.17) is 0 Å². The van der Waals surface area contributed by atoms with Gasteiger partial charge in [0.15, 0.2) is 0 Å². The van der Waals surface area contributed by atoms with Crippen molar-refractivity contribution in [2.45, 2.75) is 78.1 Å². The molecule has 0 unspecified atom stereocenters. The van der Waals surface area contributed by atoms with Crippen LogP contribution in [-0.2, 0) is 28.6 Å². The molecule has 0 aliphatic carbocycles. The molecule has 0 atom stereocenters. The van der Waals surface area contributed by atoms with Gasteiger partial charge in [-0.3, -0.25) is 4.79 Å². The second-order valence-corrected chi connectivity index (χ2v) is 6.04. The molecule has 0 bridgehead atoms. The van der Waals surface area contributed by atoms with E-state index in [-0.39, 0.29) is 13.0 Å². The third-order valence-electron chi connectivity index (χ3n) is 2.93. The molecule has 21 heavy (non-hydrogen) atoms. The van der Waals surface area contributed by atoms with Crippen molar-refractivity contribution < 1.29 is 26.6 Å². The highest BCUT2D eigenvalue weighted by Gasteiger charge is 2.18. The van der Waals surface area contributed by atoms with Gasteiger partial charge in [-0.05, 0) is 13.3 Å². The first-order valence-corrected chi connectivity index (χ1v) is 9.13. The Balaban J connectivity index is 3.49. The summed E-state index contributed by atoms with van der Waals surface area (Å²) in [6.07, 6.45) is 10.1. The summed E-state index contributed by atoms with van der Waals surface area (Å²) in [5, 5.41) is 0. The van der Waals surface area contributed by atoms with E-state index in [1.807, 2.05) is 0 Å². The molecule has 0 aliphatic heterocycles. The molecule has 126 valence electrons. The van der Waals surface area contributed by atoms with Crippen molar-refractivity contribution in [1.29, 1.82) is 0 Å². The number of hydrogen-bond donors (Lipinski definition) is 0. The van der Waals surface area contributed by atoms with Crippen LogP contribution in [0.5, 0.6) is 0 Å². The Morgan fingerprint density at radius 3 is 1.90 bits per heavy atom. The Morgan fingerprint density at radius 1 is 0.857 bits per heavy atom. The summed E-state index contributed by atoms with van der Waals surface area (Å²) in [5.74, 6) is -0.808. The molecule has 0 rings (SSSR count). The lowest BCUT2D eigenvalue weighted by Gasteiger charge is -2.04. The van der Waals surface area contributed by atoms with Crippen LogP contribution in [0.15, 0.2) is 0 Å². The standard InChI is InChI=1S/C14H28O6S/c1-3-5-6-7-8-9-10-11-12-13-14(15)19-21(16,17)20-18-4-2/h3-13H2,1-2H3. The molecule has 0 saturated heterocycles. The van der Waals surface area contributed by atoms with Crippen molar-refractivity contribution in [3.05, 3.63) is 0 Å². The molecule has 0 spiro atoms. The zero-order valence-electron chi connectivity index (χ0n) is 13.1. The number of unbranched alkanes of at least 4 members (excludes halogenated alkanes) is 8. The van der Waals surface area contributed by atoms with Gasteiger partial charge >= 0.3 is 16.4 Å². The summed E-state index contributed by atoms with van der Waals surface area (Å²) >= 11 is 0. The minimum absolute atomic E-state index is 0.0506. The highest BCUT2D eigenvalue weighted by molar-refractivity contribution is 7.82. The topological polar surface area (TPSA) is 78.9 Å². The molecule has 0 saturated carbocycles. The fourth-order valence-corrected chi connectivity index (χ4v) is 2.41. The first-order chi connectivity index (χ1) is 10.0. The average molecular weight is 324 g/mol. The van der Waals surface area contributed by atoms with E-state index < -0.39 is 16.4 Å². The van der Waals surface area contributed by atoms with E-state index in [1.165, 1.54) is 32.1 Å². The molecule has 0 aliphatic rings. The highest BCUT2D eigenvalue weighted by atomic mass is 32.3. The lowest BCUT2D eigenvalue weighted by molar-refractivity contribution is -0.205. The average Bonchev–Trinajstić information content (AvgIpc) is 2.43. The van der Waals surface area contributed by atoms with Gasteiger partial charge in [-0.15, -0.1) is 0 Å². The first kappa shape index (κ1) is 20.3. The van der Waals surface area contributed by atoms with Crippen molar-refractivity contribution in [3.8, 4) is 0 Å². The Hall–Kier alpha value is -0.660. The van der Waals surface area contributed by atoms with Gasteiger partial charge < -0.3 is 4.18 Å². The molecule has 0 aromatic rings. The molecule has 0 heterocycles. The van der Waals surface area contributed by atoms with Gasteiger partial charge in [-0.1, -0.05) is 62.6 Å². The number of carbonyl (C=O) groups is 1. The Bertz CT molecular complexity index is 352. The van der Waals surface area contributed by atoms with Crippen LogP contribution in [0, 0.1) is 0 Å². The summed E-state index contributed by atoms with van der Waals surface area (Å²) in [6.45, 7) is 3.80. The van der Waals surface area contributed by atoms with Crippen molar-refractivity contribution in [2.24, 2.45) is 0 Å². The van der Waals surface area contributed by atoms with Crippen LogP contribution in [0.3, 0.4) is 0 Å². The molecule has 0 aromatic heterocycles. The van der Waals surface area contributed by atoms with Gasteiger partial charge in [-0.2, -0.15) is 8.42 Å². The molecule has 7 heteroatoms. The van der Waals surface area contributed by atoms with E-state index in [0.717, 1.165) is 19.3 Å². The van der Waals surface area contributed by atoms with Gasteiger partial charge in [0.2, 0.25) is 0 Å². The largest absolute Gasteiger partial charge is 0.479 e. The van der Waals surface area contributed by atoms with E-state index in [0.29, 0.717) is 6.42 Å². The Kier molecular flexibility index (Phi) is 12.6. The summed E-state index contributed by atoms with van der Waals surface area (Å²) in [4.78, 5) is 15.5. The van der Waals surface area contributed by atoms with Crippen molar-refractivity contribution in [1.82, 2.24) is 0 Å². The molecule has 6 nitrogen and oxygen atoms in total. The summed E-state index contributed by atoms with van der Waals surface area (Å²) in [5.41, 5.74) is 0. The SMILES string of the molecule is CCCCCCCCCCCC(=O)OS(=O)(=O)OOCC. The van der Waals surface area contributed by atoms with Gasteiger partial charge in [0.1, 0.15) is 0 Å². The minimum atomic E-state index is -4.37. The maximum Gasteiger partial charge on any atom is 0.479 e. The van der Waals surface area contributed by atoms with Gasteiger partial charge in [0.25, 0.3) is 0 Å². The van der Waals surface area contributed by atoms with Crippen molar-refractivity contribution in [2.75, 3.05) is 6.61 Å². The van der Waals surface area contributed by atoms with Crippen LogP contribution in [0.2, 0.25) is 0 Å². The molecular formula is C14H28O6S. The maximum atomic E-state index is 11.3. The van der Waals surface area contributed by atoms with Gasteiger partial charge in [-0.25, -0.2) is 4.89 Å². The molecule has 0 fully saturated rings. The summed E-state index contributed by atoms with van der Waals surface area (Å²) in [7, 11) is -4.37. The third-order valence-corrected chi connectivity index (χ3v) is 3.58. The lowest BCUT2D eigenvalue weighted by Crippen LogP contribution is -2.15. The second-order valence-electron chi connectivity index (χ2n) is 4.92. The van der Waals surface area contributed by atoms with E-state index in [9.17, 15) is 13.2 Å². The van der Waals surface area contributed by atoms with Crippen LogP contribution >= 0.6 is 0 Å². The molecule has 0 radical (unpaired) electrons. The monoisotopic (exact) mass is 324 g/mol. The molecule has 0 N–H and O–H groups in total. The number of rotatable bonds is 14. The predicted octanol–water partition coefficient (Wildman–Crippen LogP) is 3.66. The molecule has 0 aromatic carbocycles. The molecule has 0 amide bonds. The lowest BCUT2D eigenvalue weighted by atomic mass is 10.1. The Labute approximate surface area is 128 Å². The van der Waals surface area contributed by atoms with Crippen LogP contribution < -0.4 is 0 Å². The van der Waals surface area contributed by atoms with Crippen molar-refractivity contribution >= 4 is 16.4 Å². The predicted molar refractivity (Wildman–Crippen MR) is 79.6 cm³/mol. The van der Waals surface area contributed by atoms with Crippen LogP contribution in [-0.4, -0.2) is 21.0 Å². The second kappa shape index (κ2) is 13.0. The van der Waals surface area contributed by atoms with E-state index >= 15 is 0 Å². The fourth-order valence-electron chi connectivity index (χ4n) is 1.86. The number of carbonyl (C=O) groups excluding carboxylic acids is 1.